The summed E-state index contributed by atoms with van der Waals surface area (Å²) >= 11 is 4.77. The Bertz CT molecular complexity index is 642. The first-order valence-electron chi connectivity index (χ1n) is 4.66. The smallest absolute Gasteiger partial charge is 0.352 e. The summed E-state index contributed by atoms with van der Waals surface area (Å²) in [5, 5.41) is 9.01. The number of aromatic carboxylic acids is 1. The van der Waals surface area contributed by atoms with Crippen LogP contribution in [0.15, 0.2) is 28.9 Å². The van der Waals surface area contributed by atoms with E-state index in [1.807, 2.05) is 22.6 Å². The maximum atomic E-state index is 13.8. The van der Waals surface area contributed by atoms with Crippen LogP contribution in [-0.2, 0) is 0 Å². The molecule has 18 heavy (non-hydrogen) atoms. The average molecular weight is 428 g/mol. The molecule has 0 bridgehead atoms. The molecule has 3 nitrogen and oxygen atoms in total. The van der Waals surface area contributed by atoms with Crippen molar-refractivity contribution in [3.8, 4) is 5.69 Å². The van der Waals surface area contributed by atoms with E-state index in [4.69, 9.17) is 5.11 Å². The molecule has 7 heteroatoms. The highest BCUT2D eigenvalue weighted by molar-refractivity contribution is 14.1. The Kier molecular flexibility index (Phi) is 3.71. The Morgan fingerprint density at radius 2 is 1.94 bits per heavy atom. The second-order valence-electron chi connectivity index (χ2n) is 3.44. The van der Waals surface area contributed by atoms with Crippen molar-refractivity contribution in [1.29, 1.82) is 0 Å². The van der Waals surface area contributed by atoms with Crippen LogP contribution >= 0.6 is 38.5 Å². The van der Waals surface area contributed by atoms with Crippen molar-refractivity contribution in [3.05, 3.63) is 49.8 Å². The maximum absolute atomic E-state index is 13.8. The van der Waals surface area contributed by atoms with Gasteiger partial charge in [-0.25, -0.2) is 13.6 Å². The van der Waals surface area contributed by atoms with Crippen molar-refractivity contribution in [1.82, 2.24) is 4.57 Å². The summed E-state index contributed by atoms with van der Waals surface area (Å²) in [5.41, 5.74) is -0.268. The molecule has 1 N–H and O–H groups in total. The van der Waals surface area contributed by atoms with Gasteiger partial charge in [0.1, 0.15) is 17.3 Å². The van der Waals surface area contributed by atoms with E-state index in [2.05, 4.69) is 15.9 Å². The van der Waals surface area contributed by atoms with Gasteiger partial charge in [0.05, 0.1) is 10.2 Å². The molecule has 0 saturated heterocycles. The molecular formula is C11H5BrF2INO2. The summed E-state index contributed by atoms with van der Waals surface area (Å²) in [4.78, 5) is 11.0. The molecular weight excluding hydrogens is 423 g/mol. The summed E-state index contributed by atoms with van der Waals surface area (Å²) < 4.78 is 28.9. The molecule has 0 radical (unpaired) electrons. The summed E-state index contributed by atoms with van der Waals surface area (Å²) in [6.45, 7) is 0. The molecule has 0 saturated carbocycles. The number of carboxylic acid groups (broad SMARTS) is 1. The van der Waals surface area contributed by atoms with Gasteiger partial charge in [-0.15, -0.1) is 0 Å². The van der Waals surface area contributed by atoms with Crippen molar-refractivity contribution in [2.24, 2.45) is 0 Å². The molecule has 0 amide bonds. The SMILES string of the molecule is O=C(O)c1cc(I)cn1-c1cc(F)c(Br)cc1F. The first-order valence-corrected chi connectivity index (χ1v) is 6.53. The predicted octanol–water partition coefficient (Wildman–Crippen LogP) is 3.82. The van der Waals surface area contributed by atoms with Gasteiger partial charge in [0.2, 0.25) is 0 Å². The van der Waals surface area contributed by atoms with E-state index >= 15 is 0 Å². The number of hydrogen-bond acceptors (Lipinski definition) is 1. The molecule has 1 heterocycles. The van der Waals surface area contributed by atoms with Crippen LogP contribution in [0.4, 0.5) is 8.78 Å². The van der Waals surface area contributed by atoms with Crippen LogP contribution in [0.3, 0.4) is 0 Å². The highest BCUT2D eigenvalue weighted by Gasteiger charge is 2.17. The Morgan fingerprint density at radius 3 is 2.56 bits per heavy atom. The lowest BCUT2D eigenvalue weighted by Gasteiger charge is -2.08. The first kappa shape index (κ1) is 13.5. The van der Waals surface area contributed by atoms with Crippen LogP contribution in [0.25, 0.3) is 5.69 Å². The van der Waals surface area contributed by atoms with Gasteiger partial charge in [-0.2, -0.15) is 0 Å². The summed E-state index contributed by atoms with van der Waals surface area (Å²) in [6.07, 6.45) is 1.43. The highest BCUT2D eigenvalue weighted by Crippen LogP contribution is 2.25. The van der Waals surface area contributed by atoms with Crippen molar-refractivity contribution < 1.29 is 18.7 Å². The molecule has 0 atom stereocenters. The molecule has 0 aliphatic rings. The van der Waals surface area contributed by atoms with Crippen molar-refractivity contribution in [2.75, 3.05) is 0 Å². The van der Waals surface area contributed by atoms with Crippen LogP contribution in [-0.4, -0.2) is 15.6 Å². The Labute approximate surface area is 123 Å². The fourth-order valence-corrected chi connectivity index (χ4v) is 2.38. The van der Waals surface area contributed by atoms with Crippen LogP contribution in [0.5, 0.6) is 0 Å². The number of halogens is 4. The minimum Gasteiger partial charge on any atom is -0.477 e. The second kappa shape index (κ2) is 4.96. The standard InChI is InChI=1S/C11H5BrF2INO2/c12-6-2-8(14)9(3-7(6)13)16-4-5(15)1-10(16)11(17)18/h1-4H,(H,17,18). The molecule has 0 aliphatic carbocycles. The summed E-state index contributed by atoms with van der Waals surface area (Å²) in [7, 11) is 0. The van der Waals surface area contributed by atoms with E-state index in [-0.39, 0.29) is 15.9 Å². The number of carboxylic acids is 1. The van der Waals surface area contributed by atoms with Gasteiger partial charge in [-0.05, 0) is 50.7 Å². The van der Waals surface area contributed by atoms with Gasteiger partial charge in [-0.1, -0.05) is 0 Å². The number of aromatic nitrogens is 1. The fourth-order valence-electron chi connectivity index (χ4n) is 1.49. The predicted molar refractivity (Wildman–Crippen MR) is 73.1 cm³/mol. The van der Waals surface area contributed by atoms with Gasteiger partial charge in [0.25, 0.3) is 0 Å². The molecule has 94 valence electrons. The van der Waals surface area contributed by atoms with Crippen molar-refractivity contribution in [3.63, 3.8) is 0 Å². The van der Waals surface area contributed by atoms with Crippen molar-refractivity contribution in [2.45, 2.75) is 0 Å². The molecule has 2 aromatic rings. The lowest BCUT2D eigenvalue weighted by Crippen LogP contribution is -2.07. The fraction of sp³-hybridized carbons (Fsp3) is 0. The zero-order valence-electron chi connectivity index (χ0n) is 8.62. The topological polar surface area (TPSA) is 42.2 Å². The van der Waals surface area contributed by atoms with Crippen LogP contribution in [0, 0.1) is 15.2 Å². The first-order chi connectivity index (χ1) is 8.40. The zero-order chi connectivity index (χ0) is 13.4. The number of benzene rings is 1. The summed E-state index contributed by atoms with van der Waals surface area (Å²) in [5.74, 6) is -2.58. The van der Waals surface area contributed by atoms with E-state index in [0.29, 0.717) is 3.57 Å². The zero-order valence-corrected chi connectivity index (χ0v) is 12.4. The molecule has 0 fully saturated rings. The Balaban J connectivity index is 2.69. The van der Waals surface area contributed by atoms with E-state index in [9.17, 15) is 13.6 Å². The minimum absolute atomic E-state index is 0.0116. The number of hydrogen-bond donors (Lipinski definition) is 1. The number of carbonyl (C=O) groups is 1. The normalized spacial score (nSPS) is 10.7. The van der Waals surface area contributed by atoms with Crippen LogP contribution in [0.2, 0.25) is 0 Å². The molecule has 1 aromatic carbocycles. The van der Waals surface area contributed by atoms with Crippen molar-refractivity contribution >= 4 is 44.5 Å². The molecule has 0 spiro atoms. The molecule has 1 aromatic heterocycles. The van der Waals surface area contributed by atoms with Gasteiger partial charge >= 0.3 is 5.97 Å². The third kappa shape index (κ3) is 2.41. The van der Waals surface area contributed by atoms with Gasteiger partial charge in [0.15, 0.2) is 0 Å². The van der Waals surface area contributed by atoms with E-state index in [0.717, 1.165) is 16.7 Å². The van der Waals surface area contributed by atoms with Crippen LogP contribution in [0.1, 0.15) is 10.5 Å². The highest BCUT2D eigenvalue weighted by atomic mass is 127. The van der Waals surface area contributed by atoms with E-state index < -0.39 is 17.6 Å². The molecule has 0 aliphatic heterocycles. The summed E-state index contributed by atoms with van der Waals surface area (Å²) in [6, 6.07) is 3.29. The van der Waals surface area contributed by atoms with Crippen LogP contribution < -0.4 is 0 Å². The third-order valence-electron chi connectivity index (χ3n) is 2.25. The average Bonchev–Trinajstić information content (AvgIpc) is 2.65. The maximum Gasteiger partial charge on any atom is 0.352 e. The lowest BCUT2D eigenvalue weighted by atomic mass is 10.3. The minimum atomic E-state index is -1.21. The van der Waals surface area contributed by atoms with E-state index in [1.165, 1.54) is 12.3 Å². The quantitative estimate of drug-likeness (QED) is 0.584. The Hall–Kier alpha value is -0.960. The Morgan fingerprint density at radius 1 is 1.28 bits per heavy atom. The largest absolute Gasteiger partial charge is 0.477 e. The van der Waals surface area contributed by atoms with Gasteiger partial charge in [0, 0.05) is 15.8 Å². The number of rotatable bonds is 2. The number of nitrogens with zero attached hydrogens (tertiary/aromatic N) is 1. The van der Waals surface area contributed by atoms with E-state index in [1.54, 1.807) is 0 Å². The molecule has 0 unspecified atom stereocenters. The monoisotopic (exact) mass is 427 g/mol. The lowest BCUT2D eigenvalue weighted by molar-refractivity contribution is 0.0688. The third-order valence-corrected chi connectivity index (χ3v) is 3.45. The second-order valence-corrected chi connectivity index (χ2v) is 5.54. The van der Waals surface area contributed by atoms with Gasteiger partial charge in [-0.3, -0.25) is 0 Å². The van der Waals surface area contributed by atoms with Gasteiger partial charge < -0.3 is 9.67 Å². The molecule has 2 rings (SSSR count).